The molecular formula is C22H33ClN2. The second-order valence-electron chi connectivity index (χ2n) is 8.17. The Balaban J connectivity index is 0.000000299. The number of para-hydroxylation sites is 1. The number of fused-ring (bicyclic) bond motifs is 1. The average Bonchev–Trinajstić information content (AvgIpc) is 2.81. The number of imidazole rings is 1. The maximum Gasteiger partial charge on any atom is 0.204 e. The Morgan fingerprint density at radius 2 is 1.68 bits per heavy atom. The zero-order valence-corrected chi connectivity index (χ0v) is 18.0. The normalized spacial score (nSPS) is 11.3. The summed E-state index contributed by atoms with van der Waals surface area (Å²) in [5.41, 5.74) is 7.40. The minimum Gasteiger partial charge on any atom is -0.312 e. The van der Waals surface area contributed by atoms with Crippen LogP contribution in [-0.2, 0) is 0 Å². The maximum absolute atomic E-state index is 6.16. The number of hydrogen-bond donors (Lipinski definition) is 0. The van der Waals surface area contributed by atoms with Gasteiger partial charge in [-0.05, 0) is 70.2 Å². The number of benzene rings is 1. The lowest BCUT2D eigenvalue weighted by atomic mass is 9.85. The third-order valence-corrected chi connectivity index (χ3v) is 4.79. The predicted octanol–water partition coefficient (Wildman–Crippen LogP) is 7.69. The number of halogens is 1. The highest BCUT2D eigenvalue weighted by Gasteiger charge is 2.14. The van der Waals surface area contributed by atoms with Crippen LogP contribution in [-0.4, -0.2) is 9.55 Å². The Morgan fingerprint density at radius 1 is 1.12 bits per heavy atom. The summed E-state index contributed by atoms with van der Waals surface area (Å²) in [4.78, 5) is 4.42. The van der Waals surface area contributed by atoms with Crippen molar-refractivity contribution >= 4 is 28.2 Å². The highest BCUT2D eigenvalue weighted by Crippen LogP contribution is 2.29. The van der Waals surface area contributed by atoms with Crippen LogP contribution in [0, 0.1) is 5.41 Å². The average molecular weight is 361 g/mol. The van der Waals surface area contributed by atoms with Gasteiger partial charge in [0.05, 0.1) is 11.0 Å². The van der Waals surface area contributed by atoms with Crippen LogP contribution in [0.5, 0.6) is 0 Å². The van der Waals surface area contributed by atoms with Crippen molar-refractivity contribution in [3.05, 3.63) is 46.8 Å². The standard InChI is InChI=1S/C13H15ClN2.C9H18/c1-8(2)10-6-5-7-11-12(10)15-13(14)16(11)9(3)4;1-7(2)8(3)9(4,5)6/h5-7,9H,1H2,2-4H3;1-6H3. The molecule has 0 saturated carbocycles. The van der Waals surface area contributed by atoms with Crippen molar-refractivity contribution in [2.45, 2.75) is 68.4 Å². The monoisotopic (exact) mass is 360 g/mol. The Hall–Kier alpha value is -1.54. The van der Waals surface area contributed by atoms with Gasteiger partial charge in [-0.3, -0.25) is 0 Å². The van der Waals surface area contributed by atoms with Crippen molar-refractivity contribution in [2.75, 3.05) is 0 Å². The molecule has 0 unspecified atom stereocenters. The van der Waals surface area contributed by atoms with Crippen LogP contribution in [0.4, 0.5) is 0 Å². The second kappa shape index (κ2) is 8.23. The number of rotatable bonds is 2. The molecule has 0 saturated heterocycles. The number of aromatic nitrogens is 2. The third-order valence-electron chi connectivity index (χ3n) is 4.53. The molecule has 1 aromatic carbocycles. The van der Waals surface area contributed by atoms with Crippen LogP contribution in [0.1, 0.15) is 73.9 Å². The molecule has 0 fully saturated rings. The lowest BCUT2D eigenvalue weighted by molar-refractivity contribution is 0.498. The van der Waals surface area contributed by atoms with E-state index >= 15 is 0 Å². The van der Waals surface area contributed by atoms with E-state index in [4.69, 9.17) is 11.6 Å². The Bertz CT molecular complexity index is 782. The molecule has 0 aliphatic heterocycles. The van der Waals surface area contributed by atoms with Crippen LogP contribution in [0.25, 0.3) is 16.6 Å². The van der Waals surface area contributed by atoms with Gasteiger partial charge in [0.15, 0.2) is 0 Å². The Morgan fingerprint density at radius 3 is 2.04 bits per heavy atom. The van der Waals surface area contributed by atoms with Gasteiger partial charge >= 0.3 is 0 Å². The van der Waals surface area contributed by atoms with Crippen LogP contribution in [0.15, 0.2) is 35.9 Å². The molecule has 25 heavy (non-hydrogen) atoms. The van der Waals surface area contributed by atoms with Gasteiger partial charge in [0.2, 0.25) is 5.28 Å². The van der Waals surface area contributed by atoms with E-state index in [2.05, 4.69) is 67.0 Å². The van der Waals surface area contributed by atoms with Crippen LogP contribution in [0.2, 0.25) is 5.28 Å². The van der Waals surface area contributed by atoms with Gasteiger partial charge < -0.3 is 4.57 Å². The lowest BCUT2D eigenvalue weighted by Gasteiger charge is -2.20. The second-order valence-corrected chi connectivity index (χ2v) is 8.51. The summed E-state index contributed by atoms with van der Waals surface area (Å²) in [5.74, 6) is 0. The van der Waals surface area contributed by atoms with E-state index in [1.54, 1.807) is 0 Å². The summed E-state index contributed by atoms with van der Waals surface area (Å²) in [7, 11) is 0. The minimum absolute atomic E-state index is 0.304. The minimum atomic E-state index is 0.304. The molecule has 2 rings (SSSR count). The zero-order valence-electron chi connectivity index (χ0n) is 17.3. The van der Waals surface area contributed by atoms with E-state index in [1.165, 1.54) is 11.1 Å². The van der Waals surface area contributed by atoms with Crippen molar-refractivity contribution in [1.82, 2.24) is 9.55 Å². The van der Waals surface area contributed by atoms with E-state index < -0.39 is 0 Å². The predicted molar refractivity (Wildman–Crippen MR) is 113 cm³/mol. The fourth-order valence-electron chi connectivity index (χ4n) is 2.67. The SMILES string of the molecule is C=C(C)c1cccc2c1nc(Cl)n2C(C)C.CC(C)=C(C)C(C)(C)C. The first-order chi connectivity index (χ1) is 11.4. The molecule has 0 atom stereocenters. The van der Waals surface area contributed by atoms with E-state index in [0.29, 0.717) is 16.7 Å². The first-order valence-corrected chi connectivity index (χ1v) is 9.22. The van der Waals surface area contributed by atoms with Gasteiger partial charge in [-0.25, -0.2) is 4.98 Å². The van der Waals surface area contributed by atoms with E-state index in [0.717, 1.165) is 22.2 Å². The molecule has 3 heteroatoms. The van der Waals surface area contributed by atoms with Gasteiger partial charge in [-0.2, -0.15) is 0 Å². The van der Waals surface area contributed by atoms with Crippen LogP contribution in [0.3, 0.4) is 0 Å². The molecule has 138 valence electrons. The molecule has 0 N–H and O–H groups in total. The highest BCUT2D eigenvalue weighted by atomic mass is 35.5. The molecule has 0 aliphatic carbocycles. The van der Waals surface area contributed by atoms with Crippen molar-refractivity contribution < 1.29 is 0 Å². The molecular weight excluding hydrogens is 328 g/mol. The zero-order chi connectivity index (χ0) is 19.5. The summed E-state index contributed by atoms with van der Waals surface area (Å²) >= 11 is 6.16. The fourth-order valence-corrected chi connectivity index (χ4v) is 3.05. The van der Waals surface area contributed by atoms with Gasteiger partial charge in [-0.15, -0.1) is 0 Å². The van der Waals surface area contributed by atoms with Gasteiger partial charge in [0.25, 0.3) is 0 Å². The summed E-state index contributed by atoms with van der Waals surface area (Å²) in [6.45, 7) is 23.4. The molecule has 0 bridgehead atoms. The van der Waals surface area contributed by atoms with Crippen molar-refractivity contribution in [3.8, 4) is 0 Å². The van der Waals surface area contributed by atoms with Crippen LogP contribution >= 0.6 is 11.6 Å². The quantitative estimate of drug-likeness (QED) is 0.502. The Labute approximate surface area is 158 Å². The Kier molecular flexibility index (Phi) is 7.08. The van der Waals surface area contributed by atoms with Gasteiger partial charge in [0, 0.05) is 11.6 Å². The highest BCUT2D eigenvalue weighted by molar-refractivity contribution is 6.29. The third kappa shape index (κ3) is 5.22. The van der Waals surface area contributed by atoms with Gasteiger partial charge in [-0.1, -0.05) is 50.6 Å². The van der Waals surface area contributed by atoms with E-state index in [1.807, 2.05) is 29.7 Å². The first kappa shape index (κ1) is 21.5. The fraction of sp³-hybridized carbons (Fsp3) is 0.500. The molecule has 2 nitrogen and oxygen atoms in total. The molecule has 1 heterocycles. The molecule has 1 aromatic heterocycles. The largest absolute Gasteiger partial charge is 0.312 e. The van der Waals surface area contributed by atoms with Gasteiger partial charge in [0.1, 0.15) is 0 Å². The van der Waals surface area contributed by atoms with E-state index in [-0.39, 0.29) is 0 Å². The van der Waals surface area contributed by atoms with Crippen molar-refractivity contribution in [1.29, 1.82) is 0 Å². The summed E-state index contributed by atoms with van der Waals surface area (Å²) in [5, 5.41) is 0.540. The maximum atomic E-state index is 6.16. The number of allylic oxidation sites excluding steroid dienone is 3. The number of nitrogens with zero attached hydrogens (tertiary/aromatic N) is 2. The molecule has 0 spiro atoms. The molecule has 0 amide bonds. The summed E-state index contributed by atoms with van der Waals surface area (Å²) in [6, 6.07) is 6.39. The molecule has 0 aliphatic rings. The van der Waals surface area contributed by atoms with Crippen molar-refractivity contribution in [3.63, 3.8) is 0 Å². The smallest absolute Gasteiger partial charge is 0.204 e. The molecule has 0 radical (unpaired) electrons. The topological polar surface area (TPSA) is 17.8 Å². The van der Waals surface area contributed by atoms with Crippen LogP contribution < -0.4 is 0 Å². The summed E-state index contributed by atoms with van der Waals surface area (Å²) < 4.78 is 2.03. The molecule has 2 aromatic rings. The lowest BCUT2D eigenvalue weighted by Crippen LogP contribution is -2.07. The number of hydrogen-bond acceptors (Lipinski definition) is 1. The first-order valence-electron chi connectivity index (χ1n) is 8.84. The van der Waals surface area contributed by atoms with Crippen molar-refractivity contribution in [2.24, 2.45) is 5.41 Å². The van der Waals surface area contributed by atoms with E-state index in [9.17, 15) is 0 Å². The summed E-state index contributed by atoms with van der Waals surface area (Å²) in [6.07, 6.45) is 0.